The van der Waals surface area contributed by atoms with Gasteiger partial charge < -0.3 is 15.6 Å². The van der Waals surface area contributed by atoms with Gasteiger partial charge in [-0.25, -0.2) is 19.7 Å². The average molecular weight is 543 g/mol. The van der Waals surface area contributed by atoms with E-state index in [1.54, 1.807) is 13.1 Å². The van der Waals surface area contributed by atoms with E-state index in [0.717, 1.165) is 17.2 Å². The molecule has 5 rings (SSSR count). The van der Waals surface area contributed by atoms with E-state index in [1.165, 1.54) is 21.4 Å². The van der Waals surface area contributed by atoms with Crippen molar-refractivity contribution < 1.29 is 9.18 Å². The van der Waals surface area contributed by atoms with Gasteiger partial charge in [-0.1, -0.05) is 24.3 Å². The molecule has 0 saturated heterocycles. The summed E-state index contributed by atoms with van der Waals surface area (Å²) in [5.41, 5.74) is 2.76. The Morgan fingerprint density at radius 3 is 2.25 bits per heavy atom. The monoisotopic (exact) mass is 542 g/mol. The first-order valence-electron chi connectivity index (χ1n) is 12.8. The average Bonchev–Trinajstić information content (AvgIpc) is 3.42. The summed E-state index contributed by atoms with van der Waals surface area (Å²) in [6, 6.07) is 13.9. The van der Waals surface area contributed by atoms with Gasteiger partial charge in [-0.05, 0) is 49.2 Å². The summed E-state index contributed by atoms with van der Waals surface area (Å²) in [4.78, 5) is 53.1. The number of benzene rings is 1. The fraction of sp³-hybridized carbons (Fsp3) is 0.214. The third kappa shape index (κ3) is 5.37. The molecule has 0 fully saturated rings. The number of carbonyl (C=O) groups excluding carboxylic acids is 1. The number of pyridine rings is 2. The van der Waals surface area contributed by atoms with Gasteiger partial charge >= 0.3 is 5.69 Å². The van der Waals surface area contributed by atoms with Gasteiger partial charge in [-0.2, -0.15) is 4.39 Å². The predicted molar refractivity (Wildman–Crippen MR) is 148 cm³/mol. The maximum absolute atomic E-state index is 12.9. The van der Waals surface area contributed by atoms with Crippen molar-refractivity contribution >= 4 is 22.9 Å². The minimum absolute atomic E-state index is 0.276. The molecule has 4 aromatic heterocycles. The van der Waals surface area contributed by atoms with E-state index in [-0.39, 0.29) is 23.7 Å². The lowest BCUT2D eigenvalue weighted by atomic mass is 10.1. The molecule has 40 heavy (non-hydrogen) atoms. The molecule has 0 atom stereocenters. The molecular formula is C28H27FN8O3. The highest BCUT2D eigenvalue weighted by Gasteiger charge is 2.16. The molecule has 0 bridgehead atoms. The Hall–Kier alpha value is -5.13. The largest absolute Gasteiger partial charge is 0.366 e. The van der Waals surface area contributed by atoms with Crippen LogP contribution in [0.1, 0.15) is 35.3 Å². The highest BCUT2D eigenvalue weighted by Crippen LogP contribution is 2.19. The van der Waals surface area contributed by atoms with E-state index >= 15 is 0 Å². The Bertz CT molecular complexity index is 1770. The topological polar surface area (TPSA) is 140 Å². The molecule has 3 N–H and O–H groups in total. The van der Waals surface area contributed by atoms with Crippen molar-refractivity contribution in [3.63, 3.8) is 0 Å². The second-order valence-electron chi connectivity index (χ2n) is 9.01. The molecule has 5 aromatic rings. The first-order chi connectivity index (χ1) is 19.4. The lowest BCUT2D eigenvalue weighted by molar-refractivity contribution is 0.0950. The molecule has 0 spiro atoms. The van der Waals surface area contributed by atoms with Crippen LogP contribution in [-0.4, -0.2) is 35.0 Å². The van der Waals surface area contributed by atoms with Crippen molar-refractivity contribution in [2.45, 2.75) is 40.0 Å². The number of halogens is 1. The lowest BCUT2D eigenvalue weighted by Crippen LogP contribution is -2.39. The summed E-state index contributed by atoms with van der Waals surface area (Å²) in [6.07, 6.45) is 2.85. The van der Waals surface area contributed by atoms with Crippen molar-refractivity contribution in [3.05, 3.63) is 104 Å². The fourth-order valence-electron chi connectivity index (χ4n) is 4.27. The number of amides is 1. The number of hydrogen-bond donors (Lipinski definition) is 3. The molecule has 12 heteroatoms. The highest BCUT2D eigenvalue weighted by atomic mass is 19.1. The number of nitrogens with zero attached hydrogens (tertiary/aromatic N) is 5. The maximum Gasteiger partial charge on any atom is 0.332 e. The summed E-state index contributed by atoms with van der Waals surface area (Å²) >= 11 is 0. The number of rotatable bonds is 9. The van der Waals surface area contributed by atoms with E-state index in [2.05, 4.69) is 30.6 Å². The number of fused-ring (bicyclic) bond motifs is 1. The second kappa shape index (κ2) is 11.3. The van der Waals surface area contributed by atoms with Crippen LogP contribution in [0.4, 0.5) is 10.2 Å². The molecule has 204 valence electrons. The van der Waals surface area contributed by atoms with Crippen LogP contribution in [0.15, 0.2) is 70.5 Å². The molecule has 4 heterocycles. The zero-order valence-electron chi connectivity index (χ0n) is 21.9. The first-order valence-corrected chi connectivity index (χ1v) is 12.8. The number of aryl methyl sites for hydroxylation is 1. The molecule has 0 aliphatic carbocycles. The van der Waals surface area contributed by atoms with Gasteiger partial charge in [0.25, 0.3) is 11.5 Å². The van der Waals surface area contributed by atoms with E-state index in [4.69, 9.17) is 0 Å². The maximum atomic E-state index is 12.9. The third-order valence-corrected chi connectivity index (χ3v) is 6.47. The molecule has 1 aromatic carbocycles. The SMILES string of the molecule is CCn1c(=O)c2[nH]c(-c3ccc(NCc4ccc(CNC(=O)c5ccc(F)nc5)cc4)nc3)nc2n(CC)c1=O. The van der Waals surface area contributed by atoms with Gasteiger partial charge in [-0.3, -0.25) is 18.7 Å². The smallest absolute Gasteiger partial charge is 0.332 e. The molecular weight excluding hydrogens is 515 g/mol. The Labute approximate surface area is 227 Å². The molecule has 0 unspecified atom stereocenters. The van der Waals surface area contributed by atoms with Crippen molar-refractivity contribution in [2.24, 2.45) is 0 Å². The van der Waals surface area contributed by atoms with Gasteiger partial charge in [0.15, 0.2) is 5.65 Å². The van der Waals surface area contributed by atoms with Crippen molar-refractivity contribution in [1.82, 2.24) is 34.4 Å². The quantitative estimate of drug-likeness (QED) is 0.243. The predicted octanol–water partition coefficient (Wildman–Crippen LogP) is 3.06. The summed E-state index contributed by atoms with van der Waals surface area (Å²) in [7, 11) is 0. The zero-order valence-corrected chi connectivity index (χ0v) is 21.9. The summed E-state index contributed by atoms with van der Waals surface area (Å²) in [6.45, 7) is 5.12. The Kier molecular flexibility index (Phi) is 7.49. The van der Waals surface area contributed by atoms with E-state index < -0.39 is 11.5 Å². The van der Waals surface area contributed by atoms with Crippen molar-refractivity contribution in [2.75, 3.05) is 5.32 Å². The van der Waals surface area contributed by atoms with Crippen LogP contribution in [0, 0.1) is 5.95 Å². The number of imidazole rings is 1. The van der Waals surface area contributed by atoms with E-state index in [1.807, 2.05) is 43.3 Å². The molecule has 0 radical (unpaired) electrons. The van der Waals surface area contributed by atoms with Gasteiger partial charge in [0, 0.05) is 44.1 Å². The van der Waals surface area contributed by atoms with Gasteiger partial charge in [-0.15, -0.1) is 0 Å². The van der Waals surface area contributed by atoms with Crippen LogP contribution >= 0.6 is 0 Å². The number of carbonyl (C=O) groups is 1. The normalized spacial score (nSPS) is 11.1. The van der Waals surface area contributed by atoms with Gasteiger partial charge in [0.2, 0.25) is 5.95 Å². The van der Waals surface area contributed by atoms with E-state index in [0.29, 0.717) is 48.1 Å². The van der Waals surface area contributed by atoms with Crippen LogP contribution in [-0.2, 0) is 26.2 Å². The van der Waals surface area contributed by atoms with Crippen LogP contribution in [0.25, 0.3) is 22.6 Å². The Balaban J connectivity index is 1.21. The highest BCUT2D eigenvalue weighted by molar-refractivity contribution is 5.93. The summed E-state index contributed by atoms with van der Waals surface area (Å²) < 4.78 is 15.6. The van der Waals surface area contributed by atoms with Crippen molar-refractivity contribution in [3.8, 4) is 11.4 Å². The number of H-pyrrole nitrogens is 1. The van der Waals surface area contributed by atoms with Crippen LogP contribution in [0.3, 0.4) is 0 Å². The van der Waals surface area contributed by atoms with Crippen LogP contribution in [0.2, 0.25) is 0 Å². The molecule has 0 aliphatic heterocycles. The van der Waals surface area contributed by atoms with E-state index in [9.17, 15) is 18.8 Å². The minimum atomic E-state index is -0.633. The summed E-state index contributed by atoms with van der Waals surface area (Å²) in [5, 5.41) is 6.05. The molecule has 0 saturated carbocycles. The number of aromatic nitrogens is 6. The summed E-state index contributed by atoms with van der Waals surface area (Å²) in [5.74, 6) is 0.155. The fourth-order valence-corrected chi connectivity index (χ4v) is 4.27. The first kappa shape index (κ1) is 26.5. The van der Waals surface area contributed by atoms with Crippen molar-refractivity contribution in [1.29, 1.82) is 0 Å². The number of anilines is 1. The Morgan fingerprint density at radius 2 is 1.62 bits per heavy atom. The molecule has 0 aliphatic rings. The number of hydrogen-bond acceptors (Lipinski definition) is 7. The van der Waals surface area contributed by atoms with Gasteiger partial charge in [0.1, 0.15) is 17.2 Å². The lowest BCUT2D eigenvalue weighted by Gasteiger charge is -2.08. The number of nitrogens with one attached hydrogen (secondary N) is 3. The molecule has 11 nitrogen and oxygen atoms in total. The van der Waals surface area contributed by atoms with Crippen LogP contribution in [0.5, 0.6) is 0 Å². The number of aromatic amines is 1. The Morgan fingerprint density at radius 1 is 0.900 bits per heavy atom. The zero-order chi connectivity index (χ0) is 28.2. The third-order valence-electron chi connectivity index (χ3n) is 6.47. The second-order valence-corrected chi connectivity index (χ2v) is 9.01. The minimum Gasteiger partial charge on any atom is -0.366 e. The van der Waals surface area contributed by atoms with Gasteiger partial charge in [0.05, 0.1) is 5.56 Å². The molecule has 1 amide bonds. The van der Waals surface area contributed by atoms with Crippen LogP contribution < -0.4 is 21.9 Å². The standard InChI is InChI=1S/C28H27FN8O3/c1-3-36-25-23(27(39)37(4-2)28(36)40)34-24(35-25)19-10-12-22(32-15-19)31-13-17-5-7-18(8-6-17)14-33-26(38)20-9-11-21(29)30-16-20/h5-12,15-16H,3-4,13-14H2,1-2H3,(H,31,32)(H,33,38)(H,34,35).